The Bertz CT molecular complexity index is 813. The monoisotopic (exact) mass is 295 g/mol. The molecule has 0 atom stereocenters. The highest BCUT2D eigenvalue weighted by atomic mass is 32.1. The van der Waals surface area contributed by atoms with Gasteiger partial charge in [0.1, 0.15) is 0 Å². The fraction of sp³-hybridized carbons (Fsp3) is 0.176. The summed E-state index contributed by atoms with van der Waals surface area (Å²) in [6.45, 7) is 6.28. The van der Waals surface area contributed by atoms with Crippen LogP contribution in [0.4, 0.5) is 5.69 Å². The summed E-state index contributed by atoms with van der Waals surface area (Å²) in [6, 6.07) is 12.2. The molecule has 21 heavy (non-hydrogen) atoms. The zero-order valence-electron chi connectivity index (χ0n) is 12.3. The lowest BCUT2D eigenvalue weighted by Gasteiger charge is -2.06. The fourth-order valence-electron chi connectivity index (χ4n) is 2.39. The summed E-state index contributed by atoms with van der Waals surface area (Å²) >= 11 is 1.80. The Morgan fingerprint density at radius 2 is 2.00 bits per heavy atom. The molecule has 1 aromatic carbocycles. The second-order valence-corrected chi connectivity index (χ2v) is 6.48. The molecule has 0 aliphatic heterocycles. The van der Waals surface area contributed by atoms with Crippen molar-refractivity contribution in [1.29, 1.82) is 0 Å². The average molecular weight is 295 g/mol. The van der Waals surface area contributed by atoms with Gasteiger partial charge in [-0.05, 0) is 39.0 Å². The van der Waals surface area contributed by atoms with E-state index in [0.29, 0.717) is 0 Å². The number of rotatable bonds is 3. The first-order valence-corrected chi connectivity index (χ1v) is 7.68. The Morgan fingerprint density at radius 3 is 2.76 bits per heavy atom. The largest absolute Gasteiger partial charge is 0.276 e. The van der Waals surface area contributed by atoms with Gasteiger partial charge in [-0.15, -0.1) is 11.3 Å². The van der Waals surface area contributed by atoms with Gasteiger partial charge in [-0.1, -0.05) is 18.2 Å². The molecule has 0 fully saturated rings. The molecule has 3 nitrogen and oxygen atoms in total. The molecule has 0 aliphatic carbocycles. The topological polar surface area (TPSA) is 37.3 Å². The lowest BCUT2D eigenvalue weighted by Crippen LogP contribution is -2.00. The van der Waals surface area contributed by atoms with Gasteiger partial charge in [0.15, 0.2) is 0 Å². The summed E-state index contributed by atoms with van der Waals surface area (Å²) in [5.74, 6) is 0. The fourth-order valence-corrected chi connectivity index (χ4v) is 3.37. The van der Waals surface area contributed by atoms with Crippen molar-refractivity contribution in [1.82, 2.24) is 4.98 Å². The standard InChI is InChI=1S/C17H17N3S/c1-11-10-15(13(3)21-11)12(2)19-20-16-8-4-6-14-7-5-9-18-17(14)16/h4-10,20H,1-3H3/b19-12-. The van der Waals surface area contributed by atoms with Gasteiger partial charge in [0, 0.05) is 26.9 Å². The molecular formula is C17H17N3S. The zero-order valence-corrected chi connectivity index (χ0v) is 13.2. The number of nitrogens with one attached hydrogen (secondary N) is 1. The molecule has 0 amide bonds. The molecule has 0 bridgehead atoms. The van der Waals surface area contributed by atoms with Gasteiger partial charge in [-0.2, -0.15) is 5.10 Å². The maximum atomic E-state index is 4.52. The number of fused-ring (bicyclic) bond motifs is 1. The first kappa shape index (κ1) is 13.8. The van der Waals surface area contributed by atoms with E-state index in [4.69, 9.17) is 0 Å². The molecule has 3 rings (SSSR count). The molecule has 0 spiro atoms. The number of para-hydroxylation sites is 1. The maximum Gasteiger partial charge on any atom is 0.0951 e. The van der Waals surface area contributed by atoms with Crippen LogP contribution in [-0.2, 0) is 0 Å². The van der Waals surface area contributed by atoms with Gasteiger partial charge >= 0.3 is 0 Å². The van der Waals surface area contributed by atoms with Gasteiger partial charge in [0.2, 0.25) is 0 Å². The normalized spacial score (nSPS) is 11.9. The van der Waals surface area contributed by atoms with Crippen LogP contribution in [-0.4, -0.2) is 10.7 Å². The summed E-state index contributed by atoms with van der Waals surface area (Å²) in [5.41, 5.74) is 7.22. The van der Waals surface area contributed by atoms with Crippen molar-refractivity contribution in [3.05, 3.63) is 57.9 Å². The Balaban J connectivity index is 1.92. The number of thiophene rings is 1. The number of aryl methyl sites for hydroxylation is 2. The highest BCUT2D eigenvalue weighted by Gasteiger charge is 2.06. The number of hydrazone groups is 1. The number of hydrogen-bond acceptors (Lipinski definition) is 4. The van der Waals surface area contributed by atoms with Crippen LogP contribution in [0.25, 0.3) is 10.9 Å². The summed E-state index contributed by atoms with van der Waals surface area (Å²) in [5, 5.41) is 5.63. The minimum absolute atomic E-state index is 0.928. The third kappa shape index (κ3) is 2.81. The van der Waals surface area contributed by atoms with E-state index in [1.54, 1.807) is 17.5 Å². The van der Waals surface area contributed by atoms with E-state index in [1.165, 1.54) is 15.3 Å². The summed E-state index contributed by atoms with van der Waals surface area (Å²) in [4.78, 5) is 7.03. The van der Waals surface area contributed by atoms with Gasteiger partial charge in [-0.3, -0.25) is 10.4 Å². The molecular weight excluding hydrogens is 278 g/mol. The molecule has 1 N–H and O–H groups in total. The predicted molar refractivity (Wildman–Crippen MR) is 91.4 cm³/mol. The molecule has 0 aliphatic rings. The maximum absolute atomic E-state index is 4.52. The van der Waals surface area contributed by atoms with Crippen LogP contribution in [0.3, 0.4) is 0 Å². The van der Waals surface area contributed by atoms with Crippen molar-refractivity contribution in [2.45, 2.75) is 20.8 Å². The van der Waals surface area contributed by atoms with Crippen molar-refractivity contribution in [3.63, 3.8) is 0 Å². The molecule has 106 valence electrons. The Hall–Kier alpha value is -2.20. The van der Waals surface area contributed by atoms with Crippen molar-refractivity contribution < 1.29 is 0 Å². The number of anilines is 1. The third-order valence-electron chi connectivity index (χ3n) is 3.41. The Kier molecular flexibility index (Phi) is 3.71. The van der Waals surface area contributed by atoms with Crippen LogP contribution in [0.15, 0.2) is 47.7 Å². The minimum Gasteiger partial charge on any atom is -0.276 e. The van der Waals surface area contributed by atoms with Crippen molar-refractivity contribution in [2.75, 3.05) is 5.43 Å². The summed E-state index contributed by atoms with van der Waals surface area (Å²) in [7, 11) is 0. The van der Waals surface area contributed by atoms with Gasteiger partial charge in [0.25, 0.3) is 0 Å². The second kappa shape index (κ2) is 5.66. The van der Waals surface area contributed by atoms with E-state index in [0.717, 1.165) is 22.3 Å². The number of nitrogens with zero attached hydrogens (tertiary/aromatic N) is 2. The molecule has 0 radical (unpaired) electrons. The van der Waals surface area contributed by atoms with Crippen molar-refractivity contribution >= 4 is 33.6 Å². The molecule has 4 heteroatoms. The van der Waals surface area contributed by atoms with Crippen LogP contribution in [0, 0.1) is 13.8 Å². The van der Waals surface area contributed by atoms with E-state index in [9.17, 15) is 0 Å². The van der Waals surface area contributed by atoms with E-state index in [2.05, 4.69) is 47.6 Å². The molecule has 0 saturated carbocycles. The van der Waals surface area contributed by atoms with Crippen LogP contribution >= 0.6 is 11.3 Å². The Labute approximate surface area is 128 Å². The van der Waals surface area contributed by atoms with Crippen LogP contribution in [0.2, 0.25) is 0 Å². The second-order valence-electron chi connectivity index (χ2n) is 5.02. The molecule has 3 aromatic rings. The SMILES string of the molecule is C/C(=N/Nc1cccc2cccnc12)c1cc(C)sc1C. The lowest BCUT2D eigenvalue weighted by atomic mass is 10.2. The number of aromatic nitrogens is 1. The zero-order chi connectivity index (χ0) is 14.8. The quantitative estimate of drug-likeness (QED) is 0.559. The molecule has 0 unspecified atom stereocenters. The number of benzene rings is 1. The number of pyridine rings is 1. The smallest absolute Gasteiger partial charge is 0.0951 e. The minimum atomic E-state index is 0.928. The van der Waals surface area contributed by atoms with Crippen LogP contribution in [0.5, 0.6) is 0 Å². The summed E-state index contributed by atoms with van der Waals surface area (Å²) < 4.78 is 0. The number of hydrogen-bond donors (Lipinski definition) is 1. The van der Waals surface area contributed by atoms with Gasteiger partial charge < -0.3 is 0 Å². The third-order valence-corrected chi connectivity index (χ3v) is 4.37. The van der Waals surface area contributed by atoms with Crippen LogP contribution in [0.1, 0.15) is 22.2 Å². The van der Waals surface area contributed by atoms with E-state index < -0.39 is 0 Å². The first-order chi connectivity index (χ1) is 10.1. The highest BCUT2D eigenvalue weighted by molar-refractivity contribution is 7.12. The molecule has 2 aromatic heterocycles. The van der Waals surface area contributed by atoms with Gasteiger partial charge in [-0.25, -0.2) is 0 Å². The first-order valence-electron chi connectivity index (χ1n) is 6.86. The van der Waals surface area contributed by atoms with Gasteiger partial charge in [0.05, 0.1) is 16.9 Å². The van der Waals surface area contributed by atoms with Crippen molar-refractivity contribution in [3.8, 4) is 0 Å². The van der Waals surface area contributed by atoms with Crippen molar-refractivity contribution in [2.24, 2.45) is 5.10 Å². The average Bonchev–Trinajstić information content (AvgIpc) is 2.83. The molecule has 0 saturated heterocycles. The van der Waals surface area contributed by atoms with E-state index in [1.807, 2.05) is 25.1 Å². The molecule has 2 heterocycles. The summed E-state index contributed by atoms with van der Waals surface area (Å²) in [6.07, 6.45) is 1.80. The predicted octanol–water partition coefficient (Wildman–Crippen LogP) is 4.75. The van der Waals surface area contributed by atoms with E-state index in [-0.39, 0.29) is 0 Å². The highest BCUT2D eigenvalue weighted by Crippen LogP contribution is 2.23. The Morgan fingerprint density at radius 1 is 1.19 bits per heavy atom. The lowest BCUT2D eigenvalue weighted by molar-refractivity contribution is 1.31. The van der Waals surface area contributed by atoms with E-state index >= 15 is 0 Å². The van der Waals surface area contributed by atoms with Crippen LogP contribution < -0.4 is 5.43 Å².